The van der Waals surface area contributed by atoms with Gasteiger partial charge in [-0.25, -0.2) is 0 Å². The topological polar surface area (TPSA) is 87.8 Å². The lowest BCUT2D eigenvalue weighted by Gasteiger charge is -2.22. The number of amides is 1. The second-order valence-corrected chi connectivity index (χ2v) is 5.21. The monoisotopic (exact) mass is 293 g/mol. The zero-order chi connectivity index (χ0) is 15.1. The SMILES string of the molecule is NCc1ccc(OCC(O)CN2CCNC(=O)CC2)cc1. The highest BCUT2D eigenvalue weighted by Gasteiger charge is 2.16. The van der Waals surface area contributed by atoms with Crippen molar-refractivity contribution in [3.63, 3.8) is 0 Å². The van der Waals surface area contributed by atoms with Gasteiger partial charge in [0, 0.05) is 39.1 Å². The number of carbonyl (C=O) groups is 1. The third-order valence-corrected chi connectivity index (χ3v) is 3.48. The van der Waals surface area contributed by atoms with E-state index < -0.39 is 6.10 Å². The molecule has 1 unspecified atom stereocenters. The maximum atomic E-state index is 11.2. The van der Waals surface area contributed by atoms with E-state index in [2.05, 4.69) is 10.2 Å². The summed E-state index contributed by atoms with van der Waals surface area (Å²) < 4.78 is 5.56. The van der Waals surface area contributed by atoms with E-state index in [0.29, 0.717) is 32.6 Å². The van der Waals surface area contributed by atoms with Crippen molar-refractivity contribution in [2.45, 2.75) is 19.1 Å². The van der Waals surface area contributed by atoms with E-state index in [-0.39, 0.29) is 12.5 Å². The summed E-state index contributed by atoms with van der Waals surface area (Å²) in [6.45, 7) is 3.31. The molecule has 21 heavy (non-hydrogen) atoms. The first-order valence-corrected chi connectivity index (χ1v) is 7.26. The summed E-state index contributed by atoms with van der Waals surface area (Å²) >= 11 is 0. The van der Waals surface area contributed by atoms with Gasteiger partial charge in [-0.05, 0) is 17.7 Å². The number of nitrogens with one attached hydrogen (secondary N) is 1. The van der Waals surface area contributed by atoms with Crippen LogP contribution in [0.25, 0.3) is 0 Å². The molecule has 2 rings (SSSR count). The van der Waals surface area contributed by atoms with E-state index in [4.69, 9.17) is 10.5 Å². The number of rotatable bonds is 6. The highest BCUT2D eigenvalue weighted by atomic mass is 16.5. The van der Waals surface area contributed by atoms with Crippen LogP contribution < -0.4 is 15.8 Å². The Hall–Kier alpha value is -1.63. The molecule has 6 heteroatoms. The standard InChI is InChI=1S/C15H23N3O3/c16-9-12-1-3-14(4-2-12)21-11-13(19)10-18-7-5-15(20)17-6-8-18/h1-4,13,19H,5-11,16H2,(H,17,20). The Morgan fingerprint density at radius 2 is 2.10 bits per heavy atom. The number of aliphatic hydroxyl groups excluding tert-OH is 1. The average molecular weight is 293 g/mol. The Balaban J connectivity index is 1.73. The number of ether oxygens (including phenoxy) is 1. The zero-order valence-corrected chi connectivity index (χ0v) is 12.1. The largest absolute Gasteiger partial charge is 0.491 e. The van der Waals surface area contributed by atoms with Gasteiger partial charge in [0.15, 0.2) is 0 Å². The molecule has 1 aromatic rings. The van der Waals surface area contributed by atoms with Gasteiger partial charge in [-0.1, -0.05) is 12.1 Å². The van der Waals surface area contributed by atoms with Gasteiger partial charge in [-0.3, -0.25) is 9.69 Å². The van der Waals surface area contributed by atoms with Crippen LogP contribution in [0.15, 0.2) is 24.3 Å². The quantitative estimate of drug-likeness (QED) is 0.671. The lowest BCUT2D eigenvalue weighted by molar-refractivity contribution is -0.120. The fourth-order valence-corrected chi connectivity index (χ4v) is 2.26. The van der Waals surface area contributed by atoms with Crippen LogP contribution in [0.5, 0.6) is 5.75 Å². The van der Waals surface area contributed by atoms with Crippen molar-refractivity contribution in [1.82, 2.24) is 10.2 Å². The van der Waals surface area contributed by atoms with Gasteiger partial charge in [-0.15, -0.1) is 0 Å². The van der Waals surface area contributed by atoms with E-state index in [1.54, 1.807) is 0 Å². The molecule has 0 bridgehead atoms. The van der Waals surface area contributed by atoms with Crippen molar-refractivity contribution >= 4 is 5.91 Å². The highest BCUT2D eigenvalue weighted by Crippen LogP contribution is 2.12. The smallest absolute Gasteiger partial charge is 0.221 e. The van der Waals surface area contributed by atoms with E-state index in [1.165, 1.54) is 0 Å². The number of aliphatic hydroxyl groups is 1. The lowest BCUT2D eigenvalue weighted by atomic mass is 10.2. The molecule has 1 heterocycles. The van der Waals surface area contributed by atoms with Crippen molar-refractivity contribution in [3.8, 4) is 5.75 Å². The Morgan fingerprint density at radius 1 is 1.33 bits per heavy atom. The van der Waals surface area contributed by atoms with Gasteiger partial charge in [0.25, 0.3) is 0 Å². The molecule has 4 N–H and O–H groups in total. The molecule has 1 atom stereocenters. The van der Waals surface area contributed by atoms with Crippen molar-refractivity contribution in [3.05, 3.63) is 29.8 Å². The summed E-state index contributed by atoms with van der Waals surface area (Å²) in [6, 6.07) is 7.52. The minimum atomic E-state index is -0.576. The van der Waals surface area contributed by atoms with E-state index >= 15 is 0 Å². The summed E-state index contributed by atoms with van der Waals surface area (Å²) in [5, 5.41) is 12.8. The van der Waals surface area contributed by atoms with Crippen LogP contribution in [0.4, 0.5) is 0 Å². The molecular weight excluding hydrogens is 270 g/mol. The van der Waals surface area contributed by atoms with Crippen molar-refractivity contribution in [2.24, 2.45) is 5.73 Å². The van der Waals surface area contributed by atoms with Crippen LogP contribution in [0.1, 0.15) is 12.0 Å². The summed E-state index contributed by atoms with van der Waals surface area (Å²) in [7, 11) is 0. The first kappa shape index (κ1) is 15.8. The number of nitrogens with two attached hydrogens (primary N) is 1. The number of carbonyl (C=O) groups excluding carboxylic acids is 1. The Bertz CT molecular complexity index is 450. The maximum absolute atomic E-state index is 11.2. The summed E-state index contributed by atoms with van der Waals surface area (Å²) in [5.41, 5.74) is 6.58. The van der Waals surface area contributed by atoms with Crippen LogP contribution in [-0.2, 0) is 11.3 Å². The minimum Gasteiger partial charge on any atom is -0.491 e. The van der Waals surface area contributed by atoms with E-state index in [1.807, 2.05) is 24.3 Å². The second kappa shape index (κ2) is 7.97. The maximum Gasteiger partial charge on any atom is 0.221 e. The summed E-state index contributed by atoms with van der Waals surface area (Å²) in [6.07, 6.45) is -0.0962. The van der Waals surface area contributed by atoms with Crippen LogP contribution in [0.2, 0.25) is 0 Å². The van der Waals surface area contributed by atoms with Crippen LogP contribution in [-0.4, -0.2) is 54.8 Å². The molecule has 1 fully saturated rings. The summed E-state index contributed by atoms with van der Waals surface area (Å²) in [5.74, 6) is 0.794. The molecule has 1 aliphatic rings. The molecule has 6 nitrogen and oxygen atoms in total. The van der Waals surface area contributed by atoms with Crippen molar-refractivity contribution in [2.75, 3.05) is 32.8 Å². The average Bonchev–Trinajstić information content (AvgIpc) is 2.70. The highest BCUT2D eigenvalue weighted by molar-refractivity contribution is 5.76. The van der Waals surface area contributed by atoms with Crippen molar-refractivity contribution in [1.29, 1.82) is 0 Å². The Labute approximate surface area is 124 Å². The Morgan fingerprint density at radius 3 is 2.81 bits per heavy atom. The molecule has 0 radical (unpaired) electrons. The van der Waals surface area contributed by atoms with E-state index in [0.717, 1.165) is 17.9 Å². The summed E-state index contributed by atoms with van der Waals surface area (Å²) in [4.78, 5) is 13.3. The molecule has 1 amide bonds. The minimum absolute atomic E-state index is 0.0724. The predicted octanol–water partition coefficient (Wildman–Crippen LogP) is -0.293. The van der Waals surface area contributed by atoms with Gasteiger partial charge in [0.1, 0.15) is 18.5 Å². The second-order valence-electron chi connectivity index (χ2n) is 5.21. The molecule has 0 saturated carbocycles. The third-order valence-electron chi connectivity index (χ3n) is 3.48. The van der Waals surface area contributed by atoms with Gasteiger partial charge >= 0.3 is 0 Å². The number of benzene rings is 1. The van der Waals surface area contributed by atoms with Gasteiger partial charge in [-0.2, -0.15) is 0 Å². The Kier molecular flexibility index (Phi) is 5.98. The molecule has 1 aliphatic heterocycles. The molecule has 1 saturated heterocycles. The molecule has 0 aliphatic carbocycles. The number of hydrogen-bond donors (Lipinski definition) is 3. The molecule has 116 valence electrons. The molecule has 0 aromatic heterocycles. The van der Waals surface area contributed by atoms with Crippen molar-refractivity contribution < 1.29 is 14.6 Å². The normalized spacial score (nSPS) is 17.9. The zero-order valence-electron chi connectivity index (χ0n) is 12.1. The number of hydrogen-bond acceptors (Lipinski definition) is 5. The van der Waals surface area contributed by atoms with Gasteiger partial charge < -0.3 is 20.9 Å². The number of nitrogens with zero attached hydrogens (tertiary/aromatic N) is 1. The molecule has 0 spiro atoms. The first-order chi connectivity index (χ1) is 10.2. The first-order valence-electron chi connectivity index (χ1n) is 7.26. The fraction of sp³-hybridized carbons (Fsp3) is 0.533. The van der Waals surface area contributed by atoms with E-state index in [9.17, 15) is 9.90 Å². The number of β-amino-alcohol motifs (C(OH)–C–C–N with tert-alkyl or cyclic N) is 1. The third kappa shape index (κ3) is 5.34. The van der Waals surface area contributed by atoms with Crippen LogP contribution in [0.3, 0.4) is 0 Å². The van der Waals surface area contributed by atoms with Crippen LogP contribution in [0, 0.1) is 0 Å². The van der Waals surface area contributed by atoms with Gasteiger partial charge in [0.05, 0.1) is 0 Å². The van der Waals surface area contributed by atoms with Crippen LogP contribution >= 0.6 is 0 Å². The van der Waals surface area contributed by atoms with Gasteiger partial charge in [0.2, 0.25) is 5.91 Å². The molecule has 1 aromatic carbocycles. The molecular formula is C15H23N3O3. The fourth-order valence-electron chi connectivity index (χ4n) is 2.26. The lowest BCUT2D eigenvalue weighted by Crippen LogP contribution is -2.37. The predicted molar refractivity (Wildman–Crippen MR) is 79.9 cm³/mol.